The minimum absolute atomic E-state index is 0.103. The fraction of sp³-hybridized carbons (Fsp3) is 0.762. The Morgan fingerprint density at radius 1 is 1.19 bits per heavy atom. The van der Waals surface area contributed by atoms with Crippen molar-refractivity contribution in [3.05, 3.63) is 16.1 Å². The predicted molar refractivity (Wildman–Crippen MR) is 105 cm³/mol. The molecular formula is C21H32N2O2S. The number of aromatic nitrogens is 1. The Bertz CT molecular complexity index is 619. The van der Waals surface area contributed by atoms with Gasteiger partial charge in [0.05, 0.1) is 10.7 Å². The van der Waals surface area contributed by atoms with E-state index in [4.69, 9.17) is 4.98 Å². The van der Waals surface area contributed by atoms with Crippen LogP contribution in [0, 0.1) is 11.8 Å². The van der Waals surface area contributed by atoms with Crippen LogP contribution >= 0.6 is 11.3 Å². The topological polar surface area (TPSA) is 50.3 Å². The van der Waals surface area contributed by atoms with E-state index < -0.39 is 0 Å². The van der Waals surface area contributed by atoms with Crippen molar-refractivity contribution < 1.29 is 9.59 Å². The van der Waals surface area contributed by atoms with Crippen LogP contribution in [0.1, 0.15) is 81.8 Å². The van der Waals surface area contributed by atoms with Gasteiger partial charge in [-0.25, -0.2) is 4.98 Å². The van der Waals surface area contributed by atoms with Crippen molar-refractivity contribution in [2.75, 3.05) is 13.1 Å². The number of nitrogens with zero attached hydrogens (tertiary/aromatic N) is 2. The first-order chi connectivity index (χ1) is 12.5. The molecule has 26 heavy (non-hydrogen) atoms. The number of hydrogen-bond donors (Lipinski definition) is 0. The normalized spacial score (nSPS) is 22.0. The van der Waals surface area contributed by atoms with Gasteiger partial charge in [-0.1, -0.05) is 33.1 Å². The number of aryl methyl sites for hydroxylation is 1. The monoisotopic (exact) mass is 376 g/mol. The molecule has 3 rings (SSSR count). The molecule has 1 saturated heterocycles. The maximum atomic E-state index is 12.8. The van der Waals surface area contributed by atoms with Crippen LogP contribution in [0.2, 0.25) is 0 Å². The first-order valence-electron chi connectivity index (χ1n) is 10.3. The second-order valence-corrected chi connectivity index (χ2v) is 9.15. The molecule has 0 N–H and O–H groups in total. The molecule has 1 aliphatic heterocycles. The number of carbonyl (C=O) groups excluding carboxylic acids is 2. The van der Waals surface area contributed by atoms with Crippen LogP contribution in [0.3, 0.4) is 0 Å². The highest BCUT2D eigenvalue weighted by Gasteiger charge is 2.31. The summed E-state index contributed by atoms with van der Waals surface area (Å²) in [6.45, 7) is 5.64. The number of rotatable bonds is 6. The number of hydrogen-bond acceptors (Lipinski definition) is 4. The molecule has 4 nitrogen and oxygen atoms in total. The summed E-state index contributed by atoms with van der Waals surface area (Å²) in [6.07, 6.45) is 9.36. The van der Waals surface area contributed by atoms with Gasteiger partial charge in [0.1, 0.15) is 5.78 Å². The molecule has 1 aliphatic carbocycles. The number of ketones is 1. The summed E-state index contributed by atoms with van der Waals surface area (Å²) >= 11 is 1.71. The first-order valence-corrected chi connectivity index (χ1v) is 11.2. The smallest absolute Gasteiger partial charge is 0.225 e. The highest BCUT2D eigenvalue weighted by Crippen LogP contribution is 2.32. The molecule has 1 unspecified atom stereocenters. The number of Topliss-reactive ketones (excluding diaryl/α,β-unsaturated/α-hetero) is 1. The van der Waals surface area contributed by atoms with E-state index in [1.807, 2.05) is 13.8 Å². The van der Waals surface area contributed by atoms with E-state index in [1.165, 1.54) is 19.3 Å². The second-order valence-electron chi connectivity index (χ2n) is 8.26. The highest BCUT2D eigenvalue weighted by molar-refractivity contribution is 7.09. The maximum Gasteiger partial charge on any atom is 0.225 e. The van der Waals surface area contributed by atoms with Crippen molar-refractivity contribution in [3.8, 4) is 0 Å². The molecule has 1 saturated carbocycles. The molecule has 1 atom stereocenters. The van der Waals surface area contributed by atoms with E-state index in [0.29, 0.717) is 24.0 Å². The minimum atomic E-state index is 0.103. The van der Waals surface area contributed by atoms with Gasteiger partial charge in [-0.3, -0.25) is 9.59 Å². The summed E-state index contributed by atoms with van der Waals surface area (Å²) in [5, 5.41) is 3.25. The van der Waals surface area contributed by atoms with Crippen molar-refractivity contribution in [2.45, 2.75) is 77.6 Å². The predicted octanol–water partition coefficient (Wildman–Crippen LogP) is 4.59. The molecule has 2 aliphatic rings. The third-order valence-electron chi connectivity index (χ3n) is 5.88. The van der Waals surface area contributed by atoms with Crippen LogP contribution in [0.25, 0.3) is 0 Å². The molecule has 1 amide bonds. The SMILES string of the molecule is CC(C)C(=O)CCc1csc(C2CCCN(C(=O)C3CCCCC3)C2)n1. The lowest BCUT2D eigenvalue weighted by molar-refractivity contribution is -0.137. The van der Waals surface area contributed by atoms with E-state index >= 15 is 0 Å². The van der Waals surface area contributed by atoms with Gasteiger partial charge >= 0.3 is 0 Å². The van der Waals surface area contributed by atoms with Crippen LogP contribution in [0.4, 0.5) is 0 Å². The number of amides is 1. The molecule has 0 spiro atoms. The molecule has 0 bridgehead atoms. The molecule has 1 aromatic heterocycles. The van der Waals surface area contributed by atoms with E-state index in [0.717, 1.165) is 55.9 Å². The Morgan fingerprint density at radius 3 is 2.69 bits per heavy atom. The number of carbonyl (C=O) groups is 2. The van der Waals surface area contributed by atoms with E-state index in [9.17, 15) is 9.59 Å². The van der Waals surface area contributed by atoms with Gasteiger partial charge in [-0.15, -0.1) is 11.3 Å². The van der Waals surface area contributed by atoms with Crippen LogP contribution in [0.15, 0.2) is 5.38 Å². The van der Waals surface area contributed by atoms with Crippen LogP contribution in [-0.4, -0.2) is 34.7 Å². The van der Waals surface area contributed by atoms with Gasteiger partial charge in [0.15, 0.2) is 0 Å². The Hall–Kier alpha value is -1.23. The Balaban J connectivity index is 1.56. The molecular weight excluding hydrogens is 344 g/mol. The van der Waals surface area contributed by atoms with Gasteiger partial charge in [0.2, 0.25) is 5.91 Å². The zero-order valence-corrected chi connectivity index (χ0v) is 17.0. The second kappa shape index (κ2) is 9.12. The highest BCUT2D eigenvalue weighted by atomic mass is 32.1. The Morgan fingerprint density at radius 2 is 1.96 bits per heavy atom. The van der Waals surface area contributed by atoms with Gasteiger partial charge in [0.25, 0.3) is 0 Å². The van der Waals surface area contributed by atoms with Crippen molar-refractivity contribution in [3.63, 3.8) is 0 Å². The van der Waals surface area contributed by atoms with Gasteiger partial charge in [-0.05, 0) is 32.1 Å². The van der Waals surface area contributed by atoms with Crippen molar-refractivity contribution in [2.24, 2.45) is 11.8 Å². The summed E-state index contributed by atoms with van der Waals surface area (Å²) < 4.78 is 0. The molecule has 2 heterocycles. The van der Waals surface area contributed by atoms with Gasteiger partial charge < -0.3 is 4.90 Å². The lowest BCUT2D eigenvalue weighted by atomic mass is 9.87. The standard InChI is InChI=1S/C21H32N2O2S/c1-15(2)19(24)11-10-18-14-26-20(22-18)17-9-6-12-23(13-17)21(25)16-7-4-3-5-8-16/h14-17H,3-13H2,1-2H3. The Kier molecular flexibility index (Phi) is 6.85. The quantitative estimate of drug-likeness (QED) is 0.730. The molecule has 144 valence electrons. The average Bonchev–Trinajstić information content (AvgIpc) is 3.15. The molecule has 5 heteroatoms. The van der Waals surface area contributed by atoms with Crippen molar-refractivity contribution in [1.82, 2.24) is 9.88 Å². The lowest BCUT2D eigenvalue weighted by Crippen LogP contribution is -2.42. The fourth-order valence-corrected chi connectivity index (χ4v) is 5.13. The molecule has 0 aromatic carbocycles. The van der Waals surface area contributed by atoms with Crippen LogP contribution in [-0.2, 0) is 16.0 Å². The summed E-state index contributed by atoms with van der Waals surface area (Å²) in [6, 6.07) is 0. The lowest BCUT2D eigenvalue weighted by Gasteiger charge is -2.35. The summed E-state index contributed by atoms with van der Waals surface area (Å²) in [5.74, 6) is 1.42. The Labute approximate surface area is 161 Å². The van der Waals surface area contributed by atoms with E-state index in [1.54, 1.807) is 11.3 Å². The first kappa shape index (κ1) is 19.5. The number of likely N-dealkylation sites (tertiary alicyclic amines) is 1. The largest absolute Gasteiger partial charge is 0.342 e. The minimum Gasteiger partial charge on any atom is -0.342 e. The third kappa shape index (κ3) is 4.93. The van der Waals surface area contributed by atoms with Crippen molar-refractivity contribution >= 4 is 23.0 Å². The van der Waals surface area contributed by atoms with Gasteiger partial charge in [-0.2, -0.15) is 0 Å². The number of piperidine rings is 1. The fourth-order valence-electron chi connectivity index (χ4n) is 4.15. The summed E-state index contributed by atoms with van der Waals surface area (Å²) in [4.78, 5) is 31.6. The summed E-state index contributed by atoms with van der Waals surface area (Å²) in [5.41, 5.74) is 1.04. The zero-order valence-electron chi connectivity index (χ0n) is 16.2. The molecule has 1 aromatic rings. The van der Waals surface area contributed by atoms with Crippen LogP contribution < -0.4 is 0 Å². The zero-order chi connectivity index (χ0) is 18.5. The third-order valence-corrected chi connectivity index (χ3v) is 6.93. The van der Waals surface area contributed by atoms with E-state index in [-0.39, 0.29) is 11.8 Å². The van der Waals surface area contributed by atoms with E-state index in [2.05, 4.69) is 10.3 Å². The average molecular weight is 377 g/mol. The van der Waals surface area contributed by atoms with Gasteiger partial charge in [0, 0.05) is 42.6 Å². The number of thiazole rings is 1. The van der Waals surface area contributed by atoms with Crippen LogP contribution in [0.5, 0.6) is 0 Å². The molecule has 0 radical (unpaired) electrons. The maximum absolute atomic E-state index is 12.8. The van der Waals surface area contributed by atoms with Crippen molar-refractivity contribution in [1.29, 1.82) is 0 Å². The molecule has 2 fully saturated rings. The summed E-state index contributed by atoms with van der Waals surface area (Å²) in [7, 11) is 0.